The highest BCUT2D eigenvalue weighted by atomic mass is 32.2. The SMILES string of the molecule is CCOc1cc(C2Oc3nc(SC)nnc3-c3ccccc3N2C(=O)CC)ccc1OC. The summed E-state index contributed by atoms with van der Waals surface area (Å²) in [5.41, 5.74) is 2.64. The van der Waals surface area contributed by atoms with Crippen LogP contribution >= 0.6 is 11.8 Å². The number of benzene rings is 2. The van der Waals surface area contributed by atoms with E-state index in [1.165, 1.54) is 11.8 Å². The zero-order valence-corrected chi connectivity index (χ0v) is 19.2. The van der Waals surface area contributed by atoms with Gasteiger partial charge in [0, 0.05) is 17.5 Å². The summed E-state index contributed by atoms with van der Waals surface area (Å²) in [5, 5.41) is 9.04. The van der Waals surface area contributed by atoms with E-state index in [-0.39, 0.29) is 5.91 Å². The van der Waals surface area contributed by atoms with Crippen LogP contribution in [0.5, 0.6) is 17.4 Å². The number of para-hydroxylation sites is 1. The van der Waals surface area contributed by atoms with Crippen LogP contribution in [0.15, 0.2) is 47.6 Å². The van der Waals surface area contributed by atoms with E-state index in [1.54, 1.807) is 12.0 Å². The minimum absolute atomic E-state index is 0.0953. The summed E-state index contributed by atoms with van der Waals surface area (Å²) < 4.78 is 17.6. The third kappa shape index (κ3) is 3.95. The normalized spacial score (nSPS) is 14.6. The Labute approximate surface area is 190 Å². The molecular weight excluding hydrogens is 428 g/mol. The molecule has 0 bridgehead atoms. The molecule has 1 atom stereocenters. The fraction of sp³-hybridized carbons (Fsp3) is 0.304. The Balaban J connectivity index is 1.94. The lowest BCUT2D eigenvalue weighted by Crippen LogP contribution is -2.37. The largest absolute Gasteiger partial charge is 0.493 e. The molecule has 166 valence electrons. The molecule has 0 aliphatic carbocycles. The molecule has 8 nitrogen and oxygen atoms in total. The molecule has 0 fully saturated rings. The van der Waals surface area contributed by atoms with Crippen molar-refractivity contribution in [3.8, 4) is 28.6 Å². The van der Waals surface area contributed by atoms with Crippen molar-refractivity contribution in [2.45, 2.75) is 31.7 Å². The number of ether oxygens (including phenoxy) is 3. The van der Waals surface area contributed by atoms with Crippen molar-refractivity contribution >= 4 is 23.4 Å². The lowest BCUT2D eigenvalue weighted by molar-refractivity contribution is -0.120. The van der Waals surface area contributed by atoms with Gasteiger partial charge < -0.3 is 14.2 Å². The van der Waals surface area contributed by atoms with Crippen molar-refractivity contribution in [2.75, 3.05) is 24.9 Å². The number of hydrogen-bond acceptors (Lipinski definition) is 8. The number of rotatable bonds is 6. The first-order valence-electron chi connectivity index (χ1n) is 10.3. The van der Waals surface area contributed by atoms with Crippen molar-refractivity contribution in [3.63, 3.8) is 0 Å². The first kappa shape index (κ1) is 21.9. The Bertz CT molecular complexity index is 1140. The van der Waals surface area contributed by atoms with Gasteiger partial charge in [-0.15, -0.1) is 10.2 Å². The summed E-state index contributed by atoms with van der Waals surface area (Å²) >= 11 is 1.37. The van der Waals surface area contributed by atoms with Gasteiger partial charge in [-0.3, -0.25) is 9.69 Å². The number of aromatic nitrogens is 3. The summed E-state index contributed by atoms with van der Waals surface area (Å²) in [4.78, 5) is 19.4. The predicted molar refractivity (Wildman–Crippen MR) is 122 cm³/mol. The van der Waals surface area contributed by atoms with Crippen LogP contribution in [-0.2, 0) is 4.79 Å². The number of nitrogens with zero attached hydrogens (tertiary/aromatic N) is 4. The van der Waals surface area contributed by atoms with Crippen molar-refractivity contribution in [3.05, 3.63) is 48.0 Å². The molecule has 1 aromatic heterocycles. The van der Waals surface area contributed by atoms with E-state index >= 15 is 0 Å². The summed E-state index contributed by atoms with van der Waals surface area (Å²) in [7, 11) is 1.59. The fourth-order valence-electron chi connectivity index (χ4n) is 3.57. The minimum atomic E-state index is -0.777. The summed E-state index contributed by atoms with van der Waals surface area (Å²) in [6, 6.07) is 13.0. The Hall–Kier alpha value is -3.33. The van der Waals surface area contributed by atoms with E-state index in [4.69, 9.17) is 14.2 Å². The highest BCUT2D eigenvalue weighted by Crippen LogP contribution is 2.44. The Morgan fingerprint density at radius 3 is 2.69 bits per heavy atom. The van der Waals surface area contributed by atoms with E-state index in [1.807, 2.05) is 62.6 Å². The number of thioether (sulfide) groups is 1. The minimum Gasteiger partial charge on any atom is -0.493 e. The van der Waals surface area contributed by atoms with E-state index in [0.717, 1.165) is 11.1 Å². The average Bonchev–Trinajstić information content (AvgIpc) is 2.98. The van der Waals surface area contributed by atoms with Crippen molar-refractivity contribution < 1.29 is 19.0 Å². The molecule has 4 rings (SSSR count). The van der Waals surface area contributed by atoms with Crippen LogP contribution in [0.1, 0.15) is 32.1 Å². The monoisotopic (exact) mass is 452 g/mol. The summed E-state index contributed by atoms with van der Waals surface area (Å²) in [5.74, 6) is 1.40. The maximum absolute atomic E-state index is 13.2. The molecule has 3 aromatic rings. The number of anilines is 1. The second-order valence-electron chi connectivity index (χ2n) is 6.90. The Kier molecular flexibility index (Phi) is 6.45. The molecule has 0 spiro atoms. The van der Waals surface area contributed by atoms with Crippen molar-refractivity contribution in [2.24, 2.45) is 0 Å². The van der Waals surface area contributed by atoms with E-state index in [2.05, 4.69) is 15.2 Å². The lowest BCUT2D eigenvalue weighted by Gasteiger charge is -2.31. The number of methoxy groups -OCH3 is 1. The number of amides is 1. The van der Waals surface area contributed by atoms with Gasteiger partial charge in [0.1, 0.15) is 0 Å². The van der Waals surface area contributed by atoms with Crippen LogP contribution in [-0.4, -0.2) is 41.1 Å². The topological polar surface area (TPSA) is 86.7 Å². The highest BCUT2D eigenvalue weighted by molar-refractivity contribution is 7.98. The molecule has 1 aliphatic rings. The zero-order valence-electron chi connectivity index (χ0n) is 18.4. The van der Waals surface area contributed by atoms with Gasteiger partial charge in [0.15, 0.2) is 17.2 Å². The third-order valence-corrected chi connectivity index (χ3v) is 5.58. The molecule has 0 radical (unpaired) electrons. The molecule has 1 amide bonds. The van der Waals surface area contributed by atoms with Gasteiger partial charge in [-0.25, -0.2) is 0 Å². The van der Waals surface area contributed by atoms with Crippen LogP contribution in [0, 0.1) is 0 Å². The van der Waals surface area contributed by atoms with Gasteiger partial charge in [-0.1, -0.05) is 36.9 Å². The molecule has 1 unspecified atom stereocenters. The highest BCUT2D eigenvalue weighted by Gasteiger charge is 2.35. The standard InChI is InChI=1S/C23H24N4O4S/c1-5-19(28)27-16-10-8-7-9-15(16)20-21(24-23(32-4)26-25-20)31-22(27)14-11-12-17(29-3)18(13-14)30-6-2/h7-13,22H,5-6H2,1-4H3. The summed E-state index contributed by atoms with van der Waals surface area (Å²) in [6.45, 7) is 4.20. The summed E-state index contributed by atoms with van der Waals surface area (Å²) in [6.07, 6.45) is 1.39. The molecule has 1 aliphatic heterocycles. The average molecular weight is 453 g/mol. The first-order valence-corrected chi connectivity index (χ1v) is 11.5. The van der Waals surface area contributed by atoms with Crippen LogP contribution in [0.25, 0.3) is 11.3 Å². The van der Waals surface area contributed by atoms with E-state index in [9.17, 15) is 4.79 Å². The number of fused-ring (bicyclic) bond motifs is 3. The molecule has 9 heteroatoms. The second kappa shape index (κ2) is 9.44. The number of hydrogen-bond donors (Lipinski definition) is 0. The molecular formula is C23H24N4O4S. The van der Waals surface area contributed by atoms with Crippen molar-refractivity contribution in [1.82, 2.24) is 15.2 Å². The molecule has 2 heterocycles. The zero-order chi connectivity index (χ0) is 22.7. The molecule has 0 N–H and O–H groups in total. The maximum Gasteiger partial charge on any atom is 0.247 e. The molecule has 0 saturated heterocycles. The van der Waals surface area contributed by atoms with E-state index in [0.29, 0.717) is 46.9 Å². The molecule has 0 saturated carbocycles. The smallest absolute Gasteiger partial charge is 0.247 e. The third-order valence-electron chi connectivity index (χ3n) is 5.04. The van der Waals surface area contributed by atoms with E-state index < -0.39 is 6.23 Å². The lowest BCUT2D eigenvalue weighted by atomic mass is 10.1. The van der Waals surface area contributed by atoms with Gasteiger partial charge in [0.2, 0.25) is 23.2 Å². The van der Waals surface area contributed by atoms with Gasteiger partial charge in [-0.2, -0.15) is 4.98 Å². The second-order valence-corrected chi connectivity index (χ2v) is 7.67. The fourth-order valence-corrected chi connectivity index (χ4v) is 3.87. The Morgan fingerprint density at radius 1 is 1.16 bits per heavy atom. The van der Waals surface area contributed by atoms with Crippen LogP contribution < -0.4 is 19.1 Å². The Morgan fingerprint density at radius 2 is 1.97 bits per heavy atom. The van der Waals surface area contributed by atoms with Gasteiger partial charge in [0.05, 0.1) is 19.4 Å². The van der Waals surface area contributed by atoms with Gasteiger partial charge >= 0.3 is 0 Å². The van der Waals surface area contributed by atoms with Crippen LogP contribution in [0.3, 0.4) is 0 Å². The van der Waals surface area contributed by atoms with Gasteiger partial charge in [-0.05, 0) is 37.4 Å². The van der Waals surface area contributed by atoms with Crippen molar-refractivity contribution in [1.29, 1.82) is 0 Å². The quantitative estimate of drug-likeness (QED) is 0.505. The van der Waals surface area contributed by atoms with Crippen LogP contribution in [0.4, 0.5) is 5.69 Å². The van der Waals surface area contributed by atoms with Crippen LogP contribution in [0.2, 0.25) is 0 Å². The predicted octanol–water partition coefficient (Wildman–Crippen LogP) is 4.50. The first-order chi connectivity index (χ1) is 15.6. The molecule has 2 aromatic carbocycles. The molecule has 32 heavy (non-hydrogen) atoms. The van der Waals surface area contributed by atoms with Gasteiger partial charge in [0.25, 0.3) is 0 Å². The number of carbonyl (C=O) groups is 1. The maximum atomic E-state index is 13.2. The number of carbonyl (C=O) groups excluding carboxylic acids is 1.